The number of amides is 1. The summed E-state index contributed by atoms with van der Waals surface area (Å²) in [6.45, 7) is 1.91. The van der Waals surface area contributed by atoms with Gasteiger partial charge in [-0.15, -0.1) is 0 Å². The lowest BCUT2D eigenvalue weighted by molar-refractivity contribution is 0.159. The lowest BCUT2D eigenvalue weighted by Gasteiger charge is -2.17. The molecule has 0 saturated carbocycles. The molecule has 8 heteroatoms. The van der Waals surface area contributed by atoms with Crippen LogP contribution in [0, 0.1) is 0 Å². The summed E-state index contributed by atoms with van der Waals surface area (Å²) in [6.07, 6.45) is 0.607. The number of methoxy groups -OCH3 is 2. The van der Waals surface area contributed by atoms with Crippen LogP contribution in [0.25, 0.3) is 10.9 Å². The fraction of sp³-hybridized carbons (Fsp3) is 0.308. The molecule has 1 aromatic carbocycles. The molecule has 8 nitrogen and oxygen atoms in total. The molecule has 0 spiro atoms. The SMILES string of the molecule is CCOC(=O)N(N)c1ncnc2cc(OC)c(OC)cc12. The predicted octanol–water partition coefficient (Wildman–Crippen LogP) is 1.48. The minimum atomic E-state index is -0.702. The van der Waals surface area contributed by atoms with E-state index < -0.39 is 6.09 Å². The van der Waals surface area contributed by atoms with Crippen molar-refractivity contribution in [2.24, 2.45) is 5.84 Å². The van der Waals surface area contributed by atoms with Crippen molar-refractivity contribution >= 4 is 22.8 Å². The van der Waals surface area contributed by atoms with E-state index in [9.17, 15) is 4.79 Å². The number of rotatable bonds is 4. The van der Waals surface area contributed by atoms with Crippen molar-refractivity contribution in [1.29, 1.82) is 0 Å². The first-order chi connectivity index (χ1) is 10.1. The van der Waals surface area contributed by atoms with Crippen molar-refractivity contribution < 1.29 is 19.0 Å². The van der Waals surface area contributed by atoms with Crippen molar-refractivity contribution in [3.8, 4) is 11.5 Å². The van der Waals surface area contributed by atoms with Gasteiger partial charge in [-0.1, -0.05) is 0 Å². The van der Waals surface area contributed by atoms with Crippen LogP contribution >= 0.6 is 0 Å². The van der Waals surface area contributed by atoms with Gasteiger partial charge in [0.2, 0.25) is 0 Å². The Bertz CT molecular complexity index is 662. The fourth-order valence-electron chi connectivity index (χ4n) is 1.84. The standard InChI is InChI=1S/C13H16N4O4/c1-4-21-13(18)17(14)12-8-5-10(19-2)11(20-3)6-9(8)15-7-16-12/h5-7H,4,14H2,1-3H3. The van der Waals surface area contributed by atoms with Gasteiger partial charge >= 0.3 is 6.09 Å². The summed E-state index contributed by atoms with van der Waals surface area (Å²) in [5.41, 5.74) is 0.567. The number of aromatic nitrogens is 2. The highest BCUT2D eigenvalue weighted by molar-refractivity contribution is 5.98. The summed E-state index contributed by atoms with van der Waals surface area (Å²) < 4.78 is 15.3. The smallest absolute Gasteiger partial charge is 0.430 e. The highest BCUT2D eigenvalue weighted by atomic mass is 16.6. The van der Waals surface area contributed by atoms with Gasteiger partial charge in [0.1, 0.15) is 6.33 Å². The molecular weight excluding hydrogens is 276 g/mol. The minimum Gasteiger partial charge on any atom is -0.493 e. The number of benzene rings is 1. The number of nitrogens with two attached hydrogens (primary N) is 1. The van der Waals surface area contributed by atoms with Crippen LogP contribution < -0.4 is 20.3 Å². The maximum Gasteiger partial charge on any atom is 0.430 e. The van der Waals surface area contributed by atoms with Gasteiger partial charge in [-0.05, 0) is 13.0 Å². The normalized spacial score (nSPS) is 10.3. The molecule has 0 aliphatic rings. The third-order valence-corrected chi connectivity index (χ3v) is 2.81. The van der Waals surface area contributed by atoms with Crippen molar-refractivity contribution in [2.45, 2.75) is 6.92 Å². The van der Waals surface area contributed by atoms with Gasteiger partial charge in [0.15, 0.2) is 17.3 Å². The summed E-state index contributed by atoms with van der Waals surface area (Å²) in [7, 11) is 3.04. The molecule has 0 aliphatic carbocycles. The molecule has 0 bridgehead atoms. The molecule has 1 heterocycles. The molecule has 1 aromatic heterocycles. The van der Waals surface area contributed by atoms with E-state index >= 15 is 0 Å². The molecule has 2 rings (SSSR count). The molecule has 0 aliphatic heterocycles. The molecule has 0 saturated heterocycles. The Morgan fingerprint density at radius 3 is 2.52 bits per heavy atom. The van der Waals surface area contributed by atoms with Crippen molar-refractivity contribution in [2.75, 3.05) is 25.8 Å². The van der Waals surface area contributed by atoms with Crippen LogP contribution in [0.4, 0.5) is 10.6 Å². The van der Waals surface area contributed by atoms with Gasteiger partial charge in [0.25, 0.3) is 0 Å². The summed E-state index contributed by atoms with van der Waals surface area (Å²) in [6, 6.07) is 3.33. The molecule has 2 aromatic rings. The Morgan fingerprint density at radius 1 is 1.24 bits per heavy atom. The van der Waals surface area contributed by atoms with Gasteiger partial charge in [0, 0.05) is 11.5 Å². The largest absolute Gasteiger partial charge is 0.493 e. The second kappa shape index (κ2) is 6.23. The molecular formula is C13H16N4O4. The first-order valence-electron chi connectivity index (χ1n) is 6.20. The van der Waals surface area contributed by atoms with Crippen molar-refractivity contribution in [1.82, 2.24) is 9.97 Å². The van der Waals surface area contributed by atoms with Gasteiger partial charge in [-0.25, -0.2) is 20.6 Å². The van der Waals surface area contributed by atoms with E-state index in [0.29, 0.717) is 22.4 Å². The molecule has 0 atom stereocenters. The molecule has 0 fully saturated rings. The van der Waals surface area contributed by atoms with E-state index in [1.165, 1.54) is 20.5 Å². The molecule has 2 N–H and O–H groups in total. The van der Waals surface area contributed by atoms with E-state index in [0.717, 1.165) is 5.01 Å². The number of ether oxygens (including phenoxy) is 3. The van der Waals surface area contributed by atoms with Crippen LogP contribution in [0.1, 0.15) is 6.92 Å². The molecule has 0 radical (unpaired) electrons. The second-order valence-electron chi connectivity index (χ2n) is 3.99. The third-order valence-electron chi connectivity index (χ3n) is 2.81. The monoisotopic (exact) mass is 292 g/mol. The van der Waals surface area contributed by atoms with Gasteiger partial charge in [-0.2, -0.15) is 5.01 Å². The van der Waals surface area contributed by atoms with Crippen molar-refractivity contribution in [3.63, 3.8) is 0 Å². The number of fused-ring (bicyclic) bond motifs is 1. The summed E-state index contributed by atoms with van der Waals surface area (Å²) in [5, 5.41) is 1.38. The molecule has 112 valence electrons. The van der Waals surface area contributed by atoms with Crippen LogP contribution in [-0.2, 0) is 4.74 Å². The van der Waals surface area contributed by atoms with E-state index in [2.05, 4.69) is 9.97 Å². The lowest BCUT2D eigenvalue weighted by Crippen LogP contribution is -2.38. The quantitative estimate of drug-likeness (QED) is 0.517. The van der Waals surface area contributed by atoms with E-state index in [1.54, 1.807) is 19.1 Å². The van der Waals surface area contributed by atoms with Crippen LogP contribution in [0.2, 0.25) is 0 Å². The number of carbonyl (C=O) groups excluding carboxylic acids is 1. The Labute approximate surface area is 121 Å². The molecule has 21 heavy (non-hydrogen) atoms. The molecule has 1 amide bonds. The highest BCUT2D eigenvalue weighted by Crippen LogP contribution is 2.34. The highest BCUT2D eigenvalue weighted by Gasteiger charge is 2.19. The Hall–Kier alpha value is -2.61. The maximum atomic E-state index is 11.7. The number of hydrogen-bond acceptors (Lipinski definition) is 7. The Balaban J connectivity index is 2.57. The summed E-state index contributed by atoms with van der Waals surface area (Å²) >= 11 is 0. The fourth-order valence-corrected chi connectivity index (χ4v) is 1.84. The van der Waals surface area contributed by atoms with E-state index in [1.807, 2.05) is 0 Å². The minimum absolute atomic E-state index is 0.215. The number of hydrogen-bond donors (Lipinski definition) is 1. The zero-order valence-electron chi connectivity index (χ0n) is 12.0. The molecule has 0 unspecified atom stereocenters. The number of anilines is 1. The lowest BCUT2D eigenvalue weighted by atomic mass is 10.2. The van der Waals surface area contributed by atoms with Gasteiger partial charge in [-0.3, -0.25) is 0 Å². The topological polar surface area (TPSA) is 99.8 Å². The third kappa shape index (κ3) is 2.79. The Kier molecular flexibility index (Phi) is 4.39. The van der Waals surface area contributed by atoms with Crippen LogP contribution in [-0.4, -0.2) is 36.9 Å². The number of nitrogens with zero attached hydrogens (tertiary/aromatic N) is 3. The number of hydrazine groups is 1. The second-order valence-corrected chi connectivity index (χ2v) is 3.99. The van der Waals surface area contributed by atoms with Crippen LogP contribution in [0.3, 0.4) is 0 Å². The summed E-state index contributed by atoms with van der Waals surface area (Å²) in [5.74, 6) is 6.98. The van der Waals surface area contributed by atoms with Crippen molar-refractivity contribution in [3.05, 3.63) is 18.5 Å². The maximum absolute atomic E-state index is 11.7. The summed E-state index contributed by atoms with van der Waals surface area (Å²) in [4.78, 5) is 19.9. The van der Waals surface area contributed by atoms with E-state index in [4.69, 9.17) is 20.1 Å². The Morgan fingerprint density at radius 2 is 1.90 bits per heavy atom. The average Bonchev–Trinajstić information content (AvgIpc) is 2.52. The van der Waals surface area contributed by atoms with Crippen LogP contribution in [0.15, 0.2) is 18.5 Å². The first kappa shape index (κ1) is 14.8. The average molecular weight is 292 g/mol. The predicted molar refractivity (Wildman–Crippen MR) is 76.3 cm³/mol. The van der Waals surface area contributed by atoms with E-state index in [-0.39, 0.29) is 12.4 Å². The zero-order valence-corrected chi connectivity index (χ0v) is 12.0. The number of carbonyl (C=O) groups is 1. The van der Waals surface area contributed by atoms with Crippen LogP contribution in [0.5, 0.6) is 11.5 Å². The van der Waals surface area contributed by atoms with Gasteiger partial charge < -0.3 is 14.2 Å². The van der Waals surface area contributed by atoms with Gasteiger partial charge in [0.05, 0.1) is 26.3 Å². The zero-order chi connectivity index (χ0) is 15.4. The first-order valence-corrected chi connectivity index (χ1v) is 6.20.